The van der Waals surface area contributed by atoms with Gasteiger partial charge in [-0.15, -0.1) is 0 Å². The Kier molecular flexibility index (Phi) is 3.38. The number of nitrogens with zero attached hydrogens (tertiary/aromatic N) is 1. The molecule has 1 aromatic heterocycles. The van der Waals surface area contributed by atoms with Crippen LogP contribution in [0.5, 0.6) is 0 Å². The topological polar surface area (TPSA) is 54.7 Å². The Morgan fingerprint density at radius 2 is 1.83 bits per heavy atom. The number of aromatic amines is 1. The summed E-state index contributed by atoms with van der Waals surface area (Å²) >= 11 is 0. The summed E-state index contributed by atoms with van der Waals surface area (Å²) in [7, 11) is 0. The Hall–Kier alpha value is -1.82. The lowest BCUT2D eigenvalue weighted by atomic mass is 10.1. The summed E-state index contributed by atoms with van der Waals surface area (Å²) < 4.78 is 37.1. The van der Waals surface area contributed by atoms with Crippen LogP contribution in [0.2, 0.25) is 0 Å². The van der Waals surface area contributed by atoms with E-state index in [0.29, 0.717) is 13.0 Å². The van der Waals surface area contributed by atoms with E-state index in [-0.39, 0.29) is 0 Å². The number of hydrogen-bond donors (Lipinski definition) is 2. The largest absolute Gasteiger partial charge is 0.416 e. The van der Waals surface area contributed by atoms with E-state index in [2.05, 4.69) is 10.2 Å². The van der Waals surface area contributed by atoms with Gasteiger partial charge in [0, 0.05) is 18.7 Å². The Balaban J connectivity index is 2.11. The second kappa shape index (κ2) is 4.81. The maximum absolute atomic E-state index is 12.4. The molecule has 0 saturated carbocycles. The van der Waals surface area contributed by atoms with E-state index in [0.717, 1.165) is 29.1 Å². The van der Waals surface area contributed by atoms with E-state index < -0.39 is 11.7 Å². The van der Waals surface area contributed by atoms with Crippen LogP contribution < -0.4 is 5.73 Å². The number of H-pyrrole nitrogens is 1. The molecule has 6 heteroatoms. The molecule has 3 nitrogen and oxygen atoms in total. The molecule has 0 aliphatic carbocycles. The average Bonchev–Trinajstić information content (AvgIpc) is 2.76. The van der Waals surface area contributed by atoms with Crippen LogP contribution in [0.3, 0.4) is 0 Å². The van der Waals surface area contributed by atoms with Gasteiger partial charge in [-0.25, -0.2) is 0 Å². The third-order valence-corrected chi connectivity index (χ3v) is 2.57. The summed E-state index contributed by atoms with van der Waals surface area (Å²) in [6.45, 7) is 0.337. The predicted molar refractivity (Wildman–Crippen MR) is 60.7 cm³/mol. The van der Waals surface area contributed by atoms with Gasteiger partial charge in [0.15, 0.2) is 0 Å². The van der Waals surface area contributed by atoms with Gasteiger partial charge in [-0.3, -0.25) is 5.10 Å². The third kappa shape index (κ3) is 2.89. The lowest BCUT2D eigenvalue weighted by Gasteiger charge is -2.06. The fourth-order valence-corrected chi connectivity index (χ4v) is 1.64. The first-order chi connectivity index (χ1) is 8.49. The molecule has 0 fully saturated rings. The molecule has 0 radical (unpaired) electrons. The number of nitrogens with two attached hydrogens (primary N) is 1. The number of benzene rings is 1. The number of alkyl halides is 3. The minimum Gasteiger partial charge on any atom is -0.325 e. The molecule has 0 aliphatic heterocycles. The fraction of sp³-hybridized carbons (Fsp3) is 0.250. The van der Waals surface area contributed by atoms with E-state index in [9.17, 15) is 13.2 Å². The smallest absolute Gasteiger partial charge is 0.325 e. The van der Waals surface area contributed by atoms with E-state index in [1.807, 2.05) is 0 Å². The number of rotatable bonds is 3. The SMILES string of the molecule is NCc1cc(Cc2ccc(C(F)(F)F)cc2)[nH]n1. The molecule has 2 rings (SSSR count). The quantitative estimate of drug-likeness (QED) is 0.885. The van der Waals surface area contributed by atoms with Crippen molar-refractivity contribution in [3.8, 4) is 0 Å². The van der Waals surface area contributed by atoms with Gasteiger partial charge < -0.3 is 5.73 Å². The van der Waals surface area contributed by atoms with Gasteiger partial charge in [0.05, 0.1) is 11.3 Å². The lowest BCUT2D eigenvalue weighted by molar-refractivity contribution is -0.137. The molecule has 3 N–H and O–H groups in total. The van der Waals surface area contributed by atoms with E-state index in [4.69, 9.17) is 5.73 Å². The molecular formula is C12H12F3N3. The van der Waals surface area contributed by atoms with Crippen molar-refractivity contribution in [1.82, 2.24) is 10.2 Å². The number of halogens is 3. The summed E-state index contributed by atoms with van der Waals surface area (Å²) in [5.41, 5.74) is 7.13. The second-order valence-electron chi connectivity index (χ2n) is 3.96. The first kappa shape index (κ1) is 12.6. The van der Waals surface area contributed by atoms with Crippen molar-refractivity contribution < 1.29 is 13.2 Å². The Labute approximate surface area is 102 Å². The zero-order valence-electron chi connectivity index (χ0n) is 9.46. The van der Waals surface area contributed by atoms with Crippen molar-refractivity contribution in [3.05, 3.63) is 52.8 Å². The molecule has 0 spiro atoms. The van der Waals surface area contributed by atoms with Gasteiger partial charge in [-0.1, -0.05) is 12.1 Å². The lowest BCUT2D eigenvalue weighted by Crippen LogP contribution is -2.04. The van der Waals surface area contributed by atoms with Crippen LogP contribution in [0.15, 0.2) is 30.3 Å². The van der Waals surface area contributed by atoms with Gasteiger partial charge >= 0.3 is 6.18 Å². The Bertz CT molecular complexity index is 514. The summed E-state index contributed by atoms with van der Waals surface area (Å²) in [6.07, 6.45) is -3.79. The maximum atomic E-state index is 12.4. The predicted octanol–water partition coefficient (Wildman–Crippen LogP) is 2.48. The zero-order valence-corrected chi connectivity index (χ0v) is 9.46. The first-order valence-electron chi connectivity index (χ1n) is 5.38. The highest BCUT2D eigenvalue weighted by Gasteiger charge is 2.29. The molecule has 0 atom stereocenters. The molecular weight excluding hydrogens is 243 g/mol. The van der Waals surface area contributed by atoms with Crippen LogP contribution >= 0.6 is 0 Å². The second-order valence-corrected chi connectivity index (χ2v) is 3.96. The molecule has 1 aromatic carbocycles. The summed E-state index contributed by atoms with van der Waals surface area (Å²) in [4.78, 5) is 0. The van der Waals surface area contributed by atoms with Crippen molar-refractivity contribution in [1.29, 1.82) is 0 Å². The first-order valence-corrected chi connectivity index (χ1v) is 5.38. The number of nitrogens with one attached hydrogen (secondary N) is 1. The standard InChI is InChI=1S/C12H12F3N3/c13-12(14,15)9-3-1-8(2-4-9)5-10-6-11(7-16)18-17-10/h1-4,6H,5,7,16H2,(H,17,18). The van der Waals surface area contributed by atoms with Gasteiger partial charge in [0.25, 0.3) is 0 Å². The molecule has 0 bridgehead atoms. The van der Waals surface area contributed by atoms with Gasteiger partial charge in [0.1, 0.15) is 0 Å². The van der Waals surface area contributed by atoms with Crippen molar-refractivity contribution in [2.45, 2.75) is 19.1 Å². The van der Waals surface area contributed by atoms with Gasteiger partial charge in [0.2, 0.25) is 0 Å². The maximum Gasteiger partial charge on any atom is 0.416 e. The van der Waals surface area contributed by atoms with Crippen LogP contribution in [0.4, 0.5) is 13.2 Å². The zero-order chi connectivity index (χ0) is 13.2. The number of aromatic nitrogens is 2. The Morgan fingerprint density at radius 3 is 2.33 bits per heavy atom. The molecule has 96 valence electrons. The molecule has 1 heterocycles. The fourth-order valence-electron chi connectivity index (χ4n) is 1.64. The van der Waals surface area contributed by atoms with E-state index in [1.165, 1.54) is 12.1 Å². The van der Waals surface area contributed by atoms with Crippen LogP contribution in [-0.2, 0) is 19.1 Å². The molecule has 18 heavy (non-hydrogen) atoms. The minimum atomic E-state index is -4.29. The molecule has 0 unspecified atom stereocenters. The summed E-state index contributed by atoms with van der Waals surface area (Å²) in [6, 6.07) is 6.89. The average molecular weight is 255 g/mol. The van der Waals surface area contributed by atoms with Crippen molar-refractivity contribution in [2.75, 3.05) is 0 Å². The minimum absolute atomic E-state index is 0.337. The van der Waals surface area contributed by atoms with E-state index >= 15 is 0 Å². The highest BCUT2D eigenvalue weighted by atomic mass is 19.4. The molecule has 0 aliphatic rings. The van der Waals surface area contributed by atoms with Crippen LogP contribution in [0.25, 0.3) is 0 Å². The van der Waals surface area contributed by atoms with Crippen molar-refractivity contribution >= 4 is 0 Å². The molecule has 0 saturated heterocycles. The normalized spacial score (nSPS) is 11.8. The van der Waals surface area contributed by atoms with Crippen molar-refractivity contribution in [3.63, 3.8) is 0 Å². The van der Waals surface area contributed by atoms with Crippen molar-refractivity contribution in [2.24, 2.45) is 5.73 Å². The summed E-state index contributed by atoms with van der Waals surface area (Å²) in [5, 5.41) is 6.76. The third-order valence-electron chi connectivity index (χ3n) is 2.57. The monoisotopic (exact) mass is 255 g/mol. The summed E-state index contributed by atoms with van der Waals surface area (Å²) in [5.74, 6) is 0. The van der Waals surface area contributed by atoms with Crippen LogP contribution in [0.1, 0.15) is 22.5 Å². The number of hydrogen-bond acceptors (Lipinski definition) is 2. The van der Waals surface area contributed by atoms with Gasteiger partial charge in [-0.2, -0.15) is 18.3 Å². The molecule has 2 aromatic rings. The Morgan fingerprint density at radius 1 is 1.17 bits per heavy atom. The highest BCUT2D eigenvalue weighted by Crippen LogP contribution is 2.29. The highest BCUT2D eigenvalue weighted by molar-refractivity contribution is 5.28. The van der Waals surface area contributed by atoms with Crippen LogP contribution in [-0.4, -0.2) is 10.2 Å². The van der Waals surface area contributed by atoms with E-state index in [1.54, 1.807) is 6.07 Å². The van der Waals surface area contributed by atoms with Gasteiger partial charge in [-0.05, 0) is 23.8 Å². The van der Waals surface area contributed by atoms with Crippen LogP contribution in [0, 0.1) is 0 Å². The molecule has 0 amide bonds.